The molecule has 0 aromatic heterocycles. The van der Waals surface area contributed by atoms with E-state index in [1.165, 1.54) is 5.57 Å². The van der Waals surface area contributed by atoms with Crippen LogP contribution in [-0.4, -0.2) is 13.7 Å². The highest BCUT2D eigenvalue weighted by Crippen LogP contribution is 2.51. The number of ether oxygens (including phenoxy) is 1. The molecule has 2 heteroatoms. The number of hydrogen-bond acceptors (Lipinski definition) is 2. The molecule has 2 nitrogen and oxygen atoms in total. The van der Waals surface area contributed by atoms with Crippen LogP contribution in [0, 0.1) is 17.3 Å². The average molecular weight is 233 g/mol. The maximum Gasteiger partial charge on any atom is 0.0964 e. The molecule has 0 radical (unpaired) electrons. The molecule has 17 heavy (non-hydrogen) atoms. The summed E-state index contributed by atoms with van der Waals surface area (Å²) in [6, 6.07) is 0. The van der Waals surface area contributed by atoms with Gasteiger partial charge in [0.2, 0.25) is 0 Å². The van der Waals surface area contributed by atoms with Gasteiger partial charge in [0.05, 0.1) is 12.9 Å². The van der Waals surface area contributed by atoms with Crippen molar-refractivity contribution in [3.8, 4) is 0 Å². The zero-order valence-corrected chi connectivity index (χ0v) is 11.1. The van der Waals surface area contributed by atoms with E-state index in [0.717, 1.165) is 25.1 Å². The molecule has 2 aliphatic rings. The fraction of sp³-hybridized carbons (Fsp3) is 0.600. The summed E-state index contributed by atoms with van der Waals surface area (Å²) in [7, 11) is 1.76. The zero-order chi connectivity index (χ0) is 12.5. The Balaban J connectivity index is 2.36. The van der Waals surface area contributed by atoms with E-state index in [4.69, 9.17) is 10.5 Å². The van der Waals surface area contributed by atoms with Crippen LogP contribution < -0.4 is 5.73 Å². The summed E-state index contributed by atoms with van der Waals surface area (Å²) >= 11 is 0. The highest BCUT2D eigenvalue weighted by atomic mass is 16.5. The molecule has 3 unspecified atom stereocenters. The van der Waals surface area contributed by atoms with Crippen LogP contribution in [0.4, 0.5) is 0 Å². The van der Waals surface area contributed by atoms with Crippen molar-refractivity contribution in [3.05, 3.63) is 35.6 Å². The Hall–Kier alpha value is -1.02. The monoisotopic (exact) mass is 233 g/mol. The Morgan fingerprint density at radius 2 is 2.24 bits per heavy atom. The topological polar surface area (TPSA) is 35.2 Å². The summed E-state index contributed by atoms with van der Waals surface area (Å²) in [5.41, 5.74) is 7.39. The van der Waals surface area contributed by atoms with E-state index >= 15 is 0 Å². The minimum atomic E-state index is 0.188. The quantitative estimate of drug-likeness (QED) is 0.813. The number of methoxy groups -OCH3 is 1. The Morgan fingerprint density at radius 1 is 1.47 bits per heavy atom. The number of rotatable bonds is 3. The molecule has 0 aromatic carbocycles. The van der Waals surface area contributed by atoms with Gasteiger partial charge in [-0.3, -0.25) is 0 Å². The van der Waals surface area contributed by atoms with Crippen LogP contribution in [0.2, 0.25) is 0 Å². The minimum absolute atomic E-state index is 0.188. The molecule has 3 atom stereocenters. The van der Waals surface area contributed by atoms with Crippen LogP contribution >= 0.6 is 0 Å². The summed E-state index contributed by atoms with van der Waals surface area (Å²) in [5.74, 6) is 2.29. The van der Waals surface area contributed by atoms with E-state index in [9.17, 15) is 0 Å². The van der Waals surface area contributed by atoms with Crippen LogP contribution in [-0.2, 0) is 4.74 Å². The summed E-state index contributed by atoms with van der Waals surface area (Å²) in [4.78, 5) is 0. The third-order valence-corrected chi connectivity index (χ3v) is 4.42. The second-order valence-corrected chi connectivity index (χ2v) is 5.46. The maximum atomic E-state index is 5.78. The molecular weight excluding hydrogens is 210 g/mol. The Morgan fingerprint density at radius 3 is 2.88 bits per heavy atom. The molecule has 2 rings (SSSR count). The molecule has 2 N–H and O–H groups in total. The first-order chi connectivity index (χ1) is 8.11. The Bertz CT molecular complexity index is 380. The lowest BCUT2D eigenvalue weighted by Crippen LogP contribution is -2.38. The lowest BCUT2D eigenvalue weighted by molar-refractivity contribution is 0.140. The van der Waals surface area contributed by atoms with Crippen molar-refractivity contribution in [2.24, 2.45) is 23.0 Å². The fourth-order valence-corrected chi connectivity index (χ4v) is 3.36. The van der Waals surface area contributed by atoms with Gasteiger partial charge in [0.25, 0.3) is 0 Å². The third-order valence-electron chi connectivity index (χ3n) is 4.42. The summed E-state index contributed by atoms with van der Waals surface area (Å²) in [6.07, 6.45) is 11.0. The van der Waals surface area contributed by atoms with E-state index in [1.54, 1.807) is 7.11 Å². The molecule has 0 aliphatic heterocycles. The van der Waals surface area contributed by atoms with Gasteiger partial charge in [0.1, 0.15) is 0 Å². The van der Waals surface area contributed by atoms with Gasteiger partial charge >= 0.3 is 0 Å². The molecule has 0 aromatic rings. The van der Waals surface area contributed by atoms with Gasteiger partial charge in [-0.1, -0.05) is 32.1 Å². The number of hydrogen-bond donors (Lipinski definition) is 1. The van der Waals surface area contributed by atoms with Crippen molar-refractivity contribution in [1.29, 1.82) is 0 Å². The van der Waals surface area contributed by atoms with Crippen molar-refractivity contribution >= 4 is 0 Å². The van der Waals surface area contributed by atoms with Crippen LogP contribution in [0.15, 0.2) is 35.6 Å². The van der Waals surface area contributed by atoms with Gasteiger partial charge in [-0.2, -0.15) is 0 Å². The minimum Gasteiger partial charge on any atom is -0.501 e. The predicted molar refractivity (Wildman–Crippen MR) is 71.4 cm³/mol. The smallest absolute Gasteiger partial charge is 0.0964 e. The van der Waals surface area contributed by atoms with E-state index < -0.39 is 0 Å². The Labute approximate surface area is 104 Å². The summed E-state index contributed by atoms with van der Waals surface area (Å²) < 4.78 is 5.43. The maximum absolute atomic E-state index is 5.78. The molecule has 94 valence electrons. The third kappa shape index (κ3) is 2.06. The van der Waals surface area contributed by atoms with Gasteiger partial charge in [-0.15, -0.1) is 0 Å². The molecule has 0 heterocycles. The normalized spacial score (nSPS) is 36.0. The van der Waals surface area contributed by atoms with Crippen LogP contribution in [0.25, 0.3) is 0 Å². The van der Waals surface area contributed by atoms with E-state index in [2.05, 4.69) is 38.2 Å². The van der Waals surface area contributed by atoms with Gasteiger partial charge in [-0.05, 0) is 36.5 Å². The molecule has 2 aliphatic carbocycles. The summed E-state index contributed by atoms with van der Waals surface area (Å²) in [6.45, 7) is 5.41. The van der Waals surface area contributed by atoms with E-state index in [-0.39, 0.29) is 5.41 Å². The molecule has 0 spiro atoms. The number of allylic oxidation sites excluding steroid dienone is 6. The number of nitrogens with two attached hydrogens (primary N) is 1. The highest BCUT2D eigenvalue weighted by Gasteiger charge is 2.42. The first-order valence-corrected chi connectivity index (χ1v) is 6.45. The second-order valence-electron chi connectivity index (χ2n) is 5.46. The van der Waals surface area contributed by atoms with Crippen molar-refractivity contribution in [3.63, 3.8) is 0 Å². The zero-order valence-electron chi connectivity index (χ0n) is 11.1. The lowest BCUT2D eigenvalue weighted by Gasteiger charge is -2.46. The van der Waals surface area contributed by atoms with Crippen LogP contribution in [0.1, 0.15) is 26.7 Å². The van der Waals surface area contributed by atoms with Crippen molar-refractivity contribution in [2.45, 2.75) is 26.7 Å². The first kappa shape index (κ1) is 12.4. The second kappa shape index (κ2) is 4.69. The fourth-order valence-electron chi connectivity index (χ4n) is 3.36. The van der Waals surface area contributed by atoms with Crippen molar-refractivity contribution in [1.82, 2.24) is 0 Å². The highest BCUT2D eigenvalue weighted by molar-refractivity contribution is 5.39. The van der Waals surface area contributed by atoms with Crippen LogP contribution in [0.3, 0.4) is 0 Å². The standard InChI is InChI=1S/C15H23NO/c1-11-4-5-12-6-7-13(17-3)10-15(12,2)14(11)8-9-16/h4-7,11,14H,8-10,16H2,1-3H3. The van der Waals surface area contributed by atoms with Crippen molar-refractivity contribution in [2.75, 3.05) is 13.7 Å². The molecule has 0 amide bonds. The van der Waals surface area contributed by atoms with Gasteiger partial charge in [0.15, 0.2) is 0 Å². The number of fused-ring (bicyclic) bond motifs is 1. The molecule has 0 fully saturated rings. The molecule has 0 bridgehead atoms. The van der Waals surface area contributed by atoms with Gasteiger partial charge in [-0.25, -0.2) is 0 Å². The SMILES string of the molecule is COC1=CC=C2C=CC(C)C(CCN)C2(C)C1. The van der Waals surface area contributed by atoms with Crippen LogP contribution in [0.5, 0.6) is 0 Å². The Kier molecular flexibility index (Phi) is 3.43. The predicted octanol–water partition coefficient (Wildman–Crippen LogP) is 3.02. The van der Waals surface area contributed by atoms with Gasteiger partial charge < -0.3 is 10.5 Å². The first-order valence-electron chi connectivity index (χ1n) is 6.45. The van der Waals surface area contributed by atoms with Crippen molar-refractivity contribution < 1.29 is 4.74 Å². The summed E-state index contributed by atoms with van der Waals surface area (Å²) in [5, 5.41) is 0. The van der Waals surface area contributed by atoms with E-state index in [0.29, 0.717) is 11.8 Å². The molecule has 0 saturated heterocycles. The largest absolute Gasteiger partial charge is 0.501 e. The van der Waals surface area contributed by atoms with E-state index in [1.807, 2.05) is 0 Å². The molecule has 0 saturated carbocycles. The molecular formula is C15H23NO. The lowest BCUT2D eigenvalue weighted by atomic mass is 9.59. The van der Waals surface area contributed by atoms with Gasteiger partial charge in [0, 0.05) is 11.8 Å². The average Bonchev–Trinajstić information content (AvgIpc) is 2.32.